The molecular weight excluding hydrogens is 342 g/mol. The number of para-hydroxylation sites is 1. The van der Waals surface area contributed by atoms with E-state index in [-0.39, 0.29) is 17.7 Å². The van der Waals surface area contributed by atoms with Gasteiger partial charge in [0.05, 0.1) is 5.60 Å². The number of aromatic hydroxyl groups is 1. The number of carbonyl (C=O) groups is 1. The van der Waals surface area contributed by atoms with Gasteiger partial charge in [-0.15, -0.1) is 0 Å². The van der Waals surface area contributed by atoms with Gasteiger partial charge in [-0.05, 0) is 50.3 Å². The Morgan fingerprint density at radius 1 is 1.22 bits per heavy atom. The molecule has 1 heterocycles. The number of hydrogen-bond acceptors (Lipinski definition) is 4. The third-order valence-corrected chi connectivity index (χ3v) is 5.12. The van der Waals surface area contributed by atoms with Crippen molar-refractivity contribution in [3.8, 4) is 5.75 Å². The molecule has 2 aromatic rings. The number of aliphatic hydroxyl groups is 1. The van der Waals surface area contributed by atoms with Crippen LogP contribution in [0.25, 0.3) is 0 Å². The Morgan fingerprint density at radius 2 is 1.96 bits per heavy atom. The van der Waals surface area contributed by atoms with E-state index in [0.29, 0.717) is 31.6 Å². The van der Waals surface area contributed by atoms with Gasteiger partial charge in [0.25, 0.3) is 0 Å². The third-order valence-electron chi connectivity index (χ3n) is 5.12. The molecule has 3 rings (SSSR count). The van der Waals surface area contributed by atoms with Crippen molar-refractivity contribution in [2.75, 3.05) is 39.0 Å². The smallest absolute Gasteiger partial charge is 0.321 e. The van der Waals surface area contributed by atoms with E-state index < -0.39 is 5.60 Å². The topological polar surface area (TPSA) is 76.0 Å². The minimum Gasteiger partial charge on any atom is -0.508 e. The summed E-state index contributed by atoms with van der Waals surface area (Å²) in [6, 6.07) is 16.0. The first-order valence-corrected chi connectivity index (χ1v) is 9.16. The zero-order valence-corrected chi connectivity index (χ0v) is 15.8. The number of urea groups is 1. The van der Waals surface area contributed by atoms with Gasteiger partial charge in [0.2, 0.25) is 0 Å². The van der Waals surface area contributed by atoms with Crippen molar-refractivity contribution < 1.29 is 15.0 Å². The molecule has 0 aliphatic carbocycles. The highest BCUT2D eigenvalue weighted by Crippen LogP contribution is 2.39. The summed E-state index contributed by atoms with van der Waals surface area (Å²) < 4.78 is 0. The molecule has 6 heteroatoms. The molecule has 2 aromatic carbocycles. The number of likely N-dealkylation sites (tertiary alicyclic amines) is 1. The Morgan fingerprint density at radius 3 is 2.63 bits per heavy atom. The van der Waals surface area contributed by atoms with Crippen molar-refractivity contribution in [2.45, 2.75) is 12.0 Å². The van der Waals surface area contributed by atoms with Gasteiger partial charge in [0.15, 0.2) is 0 Å². The predicted octanol–water partition coefficient (Wildman–Crippen LogP) is 2.70. The van der Waals surface area contributed by atoms with Gasteiger partial charge < -0.3 is 25.3 Å². The molecule has 0 spiro atoms. The van der Waals surface area contributed by atoms with Crippen LogP contribution < -0.4 is 5.32 Å². The fourth-order valence-corrected chi connectivity index (χ4v) is 3.73. The van der Waals surface area contributed by atoms with Crippen LogP contribution >= 0.6 is 0 Å². The van der Waals surface area contributed by atoms with Crippen LogP contribution in [-0.2, 0) is 5.60 Å². The molecule has 1 aliphatic heterocycles. The van der Waals surface area contributed by atoms with Gasteiger partial charge in [0.1, 0.15) is 5.75 Å². The van der Waals surface area contributed by atoms with E-state index in [9.17, 15) is 15.0 Å². The molecule has 0 radical (unpaired) electrons. The fraction of sp³-hybridized carbons (Fsp3) is 0.381. The summed E-state index contributed by atoms with van der Waals surface area (Å²) in [5.41, 5.74) is 0.352. The van der Waals surface area contributed by atoms with E-state index >= 15 is 0 Å². The SMILES string of the molecule is CN(C)CC1CN(C(=O)Nc2ccccc2)CCC1(O)c1cccc(O)c1. The lowest BCUT2D eigenvalue weighted by molar-refractivity contribution is -0.0750. The Balaban J connectivity index is 1.79. The molecule has 2 unspecified atom stereocenters. The van der Waals surface area contributed by atoms with Crippen LogP contribution in [0.15, 0.2) is 54.6 Å². The van der Waals surface area contributed by atoms with Gasteiger partial charge >= 0.3 is 6.03 Å². The number of phenolic OH excluding ortho intramolecular Hbond substituents is 1. The molecule has 1 saturated heterocycles. The first kappa shape index (κ1) is 19.2. The van der Waals surface area contributed by atoms with Crippen LogP contribution in [0.2, 0.25) is 0 Å². The number of hydrogen-bond donors (Lipinski definition) is 3. The lowest BCUT2D eigenvalue weighted by atomic mass is 9.75. The number of phenols is 1. The zero-order valence-electron chi connectivity index (χ0n) is 15.8. The molecule has 0 saturated carbocycles. The number of nitrogens with one attached hydrogen (secondary N) is 1. The molecule has 1 aliphatic rings. The second-order valence-electron chi connectivity index (χ2n) is 7.43. The Labute approximate surface area is 160 Å². The normalized spacial score (nSPS) is 22.7. The Bertz CT molecular complexity index is 781. The molecule has 0 bridgehead atoms. The predicted molar refractivity (Wildman–Crippen MR) is 106 cm³/mol. The summed E-state index contributed by atoms with van der Waals surface area (Å²) in [5.74, 6) is -0.0432. The summed E-state index contributed by atoms with van der Waals surface area (Å²) >= 11 is 0. The molecular formula is C21H27N3O3. The van der Waals surface area contributed by atoms with Crippen molar-refractivity contribution in [3.63, 3.8) is 0 Å². The highest BCUT2D eigenvalue weighted by atomic mass is 16.3. The number of benzene rings is 2. The minimum atomic E-state index is -1.09. The van der Waals surface area contributed by atoms with Crippen molar-refractivity contribution in [2.24, 2.45) is 5.92 Å². The summed E-state index contributed by atoms with van der Waals surface area (Å²) in [6.45, 7) is 1.50. The first-order valence-electron chi connectivity index (χ1n) is 9.16. The van der Waals surface area contributed by atoms with Crippen molar-refractivity contribution in [1.82, 2.24) is 9.80 Å². The largest absolute Gasteiger partial charge is 0.508 e. The molecule has 0 aromatic heterocycles. The van der Waals surface area contributed by atoms with Crippen LogP contribution in [0.4, 0.5) is 10.5 Å². The third kappa shape index (κ3) is 4.40. The van der Waals surface area contributed by atoms with Crippen molar-refractivity contribution >= 4 is 11.7 Å². The lowest BCUT2D eigenvalue weighted by Gasteiger charge is -2.45. The summed E-state index contributed by atoms with van der Waals surface area (Å²) in [7, 11) is 3.90. The van der Waals surface area contributed by atoms with Crippen LogP contribution in [0.1, 0.15) is 12.0 Å². The maximum Gasteiger partial charge on any atom is 0.321 e. The first-order chi connectivity index (χ1) is 12.9. The van der Waals surface area contributed by atoms with Gasteiger partial charge in [-0.1, -0.05) is 30.3 Å². The zero-order chi connectivity index (χ0) is 19.4. The van der Waals surface area contributed by atoms with Gasteiger partial charge in [-0.2, -0.15) is 0 Å². The monoisotopic (exact) mass is 369 g/mol. The van der Waals surface area contributed by atoms with Crippen LogP contribution in [-0.4, -0.2) is 59.8 Å². The number of amides is 2. The second kappa shape index (κ2) is 7.98. The van der Waals surface area contributed by atoms with E-state index in [1.54, 1.807) is 23.1 Å². The molecule has 2 atom stereocenters. The van der Waals surface area contributed by atoms with E-state index in [2.05, 4.69) is 5.32 Å². The highest BCUT2D eigenvalue weighted by Gasteiger charge is 2.44. The van der Waals surface area contributed by atoms with Crippen LogP contribution in [0.5, 0.6) is 5.75 Å². The molecule has 6 nitrogen and oxygen atoms in total. The lowest BCUT2D eigenvalue weighted by Crippen LogP contribution is -2.55. The van der Waals surface area contributed by atoms with E-state index in [0.717, 1.165) is 5.69 Å². The number of carbonyl (C=O) groups excluding carboxylic acids is 1. The summed E-state index contributed by atoms with van der Waals surface area (Å²) in [5, 5.41) is 24.2. The maximum atomic E-state index is 12.7. The summed E-state index contributed by atoms with van der Waals surface area (Å²) in [4.78, 5) is 16.4. The number of rotatable bonds is 4. The number of anilines is 1. The fourth-order valence-electron chi connectivity index (χ4n) is 3.73. The molecule has 27 heavy (non-hydrogen) atoms. The standard InChI is InChI=1S/C21H27N3O3/c1-23(2)14-17-15-24(20(26)22-18-8-4-3-5-9-18)12-11-21(17,27)16-7-6-10-19(25)13-16/h3-10,13,17,25,27H,11-12,14-15H2,1-2H3,(H,22,26). The molecule has 2 amide bonds. The van der Waals surface area contributed by atoms with Gasteiger partial charge in [-0.3, -0.25) is 0 Å². The molecule has 3 N–H and O–H groups in total. The van der Waals surface area contributed by atoms with Crippen LogP contribution in [0, 0.1) is 5.92 Å². The Hall–Kier alpha value is -2.57. The number of piperidine rings is 1. The van der Waals surface area contributed by atoms with Crippen molar-refractivity contribution in [1.29, 1.82) is 0 Å². The highest BCUT2D eigenvalue weighted by molar-refractivity contribution is 5.89. The van der Waals surface area contributed by atoms with Gasteiger partial charge in [0, 0.05) is 31.2 Å². The van der Waals surface area contributed by atoms with E-state index in [1.165, 1.54) is 0 Å². The quantitative estimate of drug-likeness (QED) is 0.775. The number of nitrogens with zero attached hydrogens (tertiary/aromatic N) is 2. The summed E-state index contributed by atoms with van der Waals surface area (Å²) in [6.07, 6.45) is 0.414. The average Bonchev–Trinajstić information content (AvgIpc) is 2.64. The minimum absolute atomic E-state index is 0.133. The molecule has 1 fully saturated rings. The molecule has 144 valence electrons. The van der Waals surface area contributed by atoms with Gasteiger partial charge in [-0.25, -0.2) is 4.79 Å². The second-order valence-corrected chi connectivity index (χ2v) is 7.43. The van der Waals surface area contributed by atoms with E-state index in [4.69, 9.17) is 0 Å². The van der Waals surface area contributed by atoms with Crippen LogP contribution in [0.3, 0.4) is 0 Å². The van der Waals surface area contributed by atoms with E-state index in [1.807, 2.05) is 55.4 Å². The Kier molecular flexibility index (Phi) is 5.68. The van der Waals surface area contributed by atoms with Crippen molar-refractivity contribution in [3.05, 3.63) is 60.2 Å². The average molecular weight is 369 g/mol. The maximum absolute atomic E-state index is 12.7.